The fourth-order valence-electron chi connectivity index (χ4n) is 1.64. The molecule has 0 aromatic heterocycles. The van der Waals surface area contributed by atoms with Gasteiger partial charge in [0.2, 0.25) is 5.75 Å². The number of ether oxygens (including phenoxy) is 3. The Balaban J connectivity index is 2.80. The van der Waals surface area contributed by atoms with Crippen LogP contribution in [-0.2, 0) is 6.54 Å². The second-order valence-corrected chi connectivity index (χ2v) is 4.69. The van der Waals surface area contributed by atoms with Gasteiger partial charge in [-0.3, -0.25) is 0 Å². The van der Waals surface area contributed by atoms with Gasteiger partial charge in [-0.2, -0.15) is 11.8 Å². The third kappa shape index (κ3) is 3.99. The van der Waals surface area contributed by atoms with Crippen molar-refractivity contribution in [1.29, 1.82) is 0 Å². The maximum atomic E-state index is 5.31. The predicted molar refractivity (Wildman–Crippen MR) is 76.2 cm³/mol. The van der Waals surface area contributed by atoms with Gasteiger partial charge in [0, 0.05) is 18.8 Å². The Morgan fingerprint density at radius 2 is 1.67 bits per heavy atom. The minimum Gasteiger partial charge on any atom is -0.493 e. The molecule has 0 amide bonds. The van der Waals surface area contributed by atoms with Crippen LogP contribution in [0.15, 0.2) is 12.1 Å². The van der Waals surface area contributed by atoms with Crippen LogP contribution < -0.4 is 19.5 Å². The number of hydrogen-bond acceptors (Lipinski definition) is 5. The Labute approximate surface area is 113 Å². The Morgan fingerprint density at radius 1 is 1.06 bits per heavy atom. The number of hydrogen-bond donors (Lipinski definition) is 1. The molecule has 4 nitrogen and oxygen atoms in total. The highest BCUT2D eigenvalue weighted by Gasteiger charge is 2.12. The van der Waals surface area contributed by atoms with E-state index in [1.807, 2.05) is 23.9 Å². The number of nitrogens with one attached hydrogen (secondary N) is 1. The lowest BCUT2D eigenvalue weighted by Crippen LogP contribution is -2.16. The van der Waals surface area contributed by atoms with Crippen molar-refractivity contribution in [3.05, 3.63) is 17.7 Å². The number of thioether (sulfide) groups is 1. The zero-order valence-corrected chi connectivity index (χ0v) is 12.2. The first-order valence-electron chi connectivity index (χ1n) is 5.75. The van der Waals surface area contributed by atoms with Crippen molar-refractivity contribution in [2.24, 2.45) is 0 Å². The third-order valence-electron chi connectivity index (χ3n) is 2.54. The largest absolute Gasteiger partial charge is 0.493 e. The summed E-state index contributed by atoms with van der Waals surface area (Å²) in [5, 5.41) is 3.37. The van der Waals surface area contributed by atoms with Crippen LogP contribution in [0, 0.1) is 0 Å². The Bertz CT molecular complexity index is 346. The zero-order valence-electron chi connectivity index (χ0n) is 11.4. The smallest absolute Gasteiger partial charge is 0.203 e. The molecule has 0 aliphatic heterocycles. The normalized spacial score (nSPS) is 10.2. The van der Waals surface area contributed by atoms with Gasteiger partial charge in [-0.15, -0.1) is 0 Å². The van der Waals surface area contributed by atoms with Crippen molar-refractivity contribution >= 4 is 11.8 Å². The van der Waals surface area contributed by atoms with Crippen molar-refractivity contribution in [2.45, 2.75) is 6.54 Å². The van der Waals surface area contributed by atoms with E-state index in [-0.39, 0.29) is 0 Å². The highest BCUT2D eigenvalue weighted by molar-refractivity contribution is 7.98. The van der Waals surface area contributed by atoms with Crippen LogP contribution in [0.4, 0.5) is 0 Å². The molecule has 102 valence electrons. The summed E-state index contributed by atoms with van der Waals surface area (Å²) in [4.78, 5) is 0. The summed E-state index contributed by atoms with van der Waals surface area (Å²) in [6, 6.07) is 3.93. The van der Waals surface area contributed by atoms with Crippen LogP contribution in [0.2, 0.25) is 0 Å². The zero-order chi connectivity index (χ0) is 13.4. The molecule has 0 atom stereocenters. The van der Waals surface area contributed by atoms with Gasteiger partial charge in [0.05, 0.1) is 21.3 Å². The predicted octanol–water partition coefficient (Wildman–Crippen LogP) is 2.17. The number of benzene rings is 1. The first kappa shape index (κ1) is 15.0. The van der Waals surface area contributed by atoms with Crippen LogP contribution >= 0.6 is 11.8 Å². The van der Waals surface area contributed by atoms with E-state index in [0.717, 1.165) is 24.4 Å². The van der Waals surface area contributed by atoms with E-state index in [1.165, 1.54) is 0 Å². The van der Waals surface area contributed by atoms with E-state index in [1.54, 1.807) is 21.3 Å². The molecule has 1 N–H and O–H groups in total. The minimum absolute atomic E-state index is 0.632. The van der Waals surface area contributed by atoms with Gasteiger partial charge in [-0.25, -0.2) is 0 Å². The highest BCUT2D eigenvalue weighted by atomic mass is 32.2. The molecule has 0 saturated carbocycles. The molecule has 0 heterocycles. The molecular formula is C13H21NO3S. The van der Waals surface area contributed by atoms with Crippen LogP contribution in [0.3, 0.4) is 0 Å². The maximum Gasteiger partial charge on any atom is 0.203 e. The summed E-state index contributed by atoms with van der Waals surface area (Å²) < 4.78 is 15.9. The SMILES string of the molecule is COc1cc(CNCCSC)cc(OC)c1OC. The van der Waals surface area contributed by atoms with Crippen molar-refractivity contribution < 1.29 is 14.2 Å². The molecule has 0 aliphatic rings. The standard InChI is InChI=1S/C13H21NO3S/c1-15-11-7-10(9-14-5-6-18-4)8-12(16-2)13(11)17-3/h7-8,14H,5-6,9H2,1-4H3. The summed E-state index contributed by atoms with van der Waals surface area (Å²) in [6.45, 7) is 1.77. The first-order valence-corrected chi connectivity index (χ1v) is 7.14. The molecule has 1 rings (SSSR count). The summed E-state index contributed by atoms with van der Waals surface area (Å²) in [7, 11) is 4.86. The average molecular weight is 271 g/mol. The molecule has 0 spiro atoms. The number of methoxy groups -OCH3 is 3. The second kappa shape index (κ2) is 8.11. The second-order valence-electron chi connectivity index (χ2n) is 3.70. The minimum atomic E-state index is 0.632. The summed E-state index contributed by atoms with van der Waals surface area (Å²) in [5.41, 5.74) is 1.12. The van der Waals surface area contributed by atoms with E-state index in [2.05, 4.69) is 11.6 Å². The van der Waals surface area contributed by atoms with Gasteiger partial charge < -0.3 is 19.5 Å². The van der Waals surface area contributed by atoms with Crippen molar-refractivity contribution in [3.63, 3.8) is 0 Å². The van der Waals surface area contributed by atoms with Gasteiger partial charge in [-0.1, -0.05) is 0 Å². The monoisotopic (exact) mass is 271 g/mol. The van der Waals surface area contributed by atoms with Crippen LogP contribution in [0.25, 0.3) is 0 Å². The van der Waals surface area contributed by atoms with Crippen LogP contribution in [-0.4, -0.2) is 39.9 Å². The Morgan fingerprint density at radius 3 is 2.11 bits per heavy atom. The topological polar surface area (TPSA) is 39.7 Å². The fraction of sp³-hybridized carbons (Fsp3) is 0.538. The molecule has 0 radical (unpaired) electrons. The van der Waals surface area contributed by atoms with Gasteiger partial charge in [0.15, 0.2) is 11.5 Å². The lowest BCUT2D eigenvalue weighted by atomic mass is 10.2. The Kier molecular flexibility index (Phi) is 6.75. The van der Waals surface area contributed by atoms with Crippen LogP contribution in [0.1, 0.15) is 5.56 Å². The highest BCUT2D eigenvalue weighted by Crippen LogP contribution is 2.38. The molecule has 0 saturated heterocycles. The molecular weight excluding hydrogens is 250 g/mol. The Hall–Kier alpha value is -1.07. The summed E-state index contributed by atoms with van der Waals surface area (Å²) >= 11 is 1.83. The van der Waals surface area contributed by atoms with Gasteiger partial charge in [0.25, 0.3) is 0 Å². The molecule has 0 fully saturated rings. The van der Waals surface area contributed by atoms with Crippen molar-refractivity contribution in [1.82, 2.24) is 5.32 Å². The van der Waals surface area contributed by atoms with Crippen LogP contribution in [0.5, 0.6) is 17.2 Å². The first-order chi connectivity index (χ1) is 8.76. The molecule has 1 aromatic rings. The van der Waals surface area contributed by atoms with Crippen molar-refractivity contribution in [3.8, 4) is 17.2 Å². The average Bonchev–Trinajstić information content (AvgIpc) is 2.42. The molecule has 0 aliphatic carbocycles. The van der Waals surface area contributed by atoms with E-state index in [4.69, 9.17) is 14.2 Å². The quantitative estimate of drug-likeness (QED) is 0.734. The summed E-state index contributed by atoms with van der Waals surface area (Å²) in [5.74, 6) is 3.12. The van der Waals surface area contributed by atoms with E-state index in [9.17, 15) is 0 Å². The van der Waals surface area contributed by atoms with Gasteiger partial charge >= 0.3 is 0 Å². The van der Waals surface area contributed by atoms with Gasteiger partial charge in [0.1, 0.15) is 0 Å². The lowest BCUT2D eigenvalue weighted by Gasteiger charge is -2.14. The molecule has 1 aromatic carbocycles. The fourth-order valence-corrected chi connectivity index (χ4v) is 1.99. The summed E-state index contributed by atoms with van der Waals surface area (Å²) in [6.07, 6.45) is 2.10. The molecule has 0 unspecified atom stereocenters. The molecule has 0 bridgehead atoms. The van der Waals surface area contributed by atoms with E-state index in [0.29, 0.717) is 17.2 Å². The number of rotatable bonds is 8. The maximum absolute atomic E-state index is 5.31. The van der Waals surface area contributed by atoms with E-state index < -0.39 is 0 Å². The van der Waals surface area contributed by atoms with E-state index >= 15 is 0 Å². The van der Waals surface area contributed by atoms with Gasteiger partial charge in [-0.05, 0) is 24.0 Å². The molecule has 5 heteroatoms. The third-order valence-corrected chi connectivity index (χ3v) is 3.15. The lowest BCUT2D eigenvalue weighted by molar-refractivity contribution is 0.323. The molecule has 18 heavy (non-hydrogen) atoms. The van der Waals surface area contributed by atoms with Crippen molar-refractivity contribution in [2.75, 3.05) is 39.9 Å².